The largest absolute Gasteiger partial charge is 0.393 e. The maximum atomic E-state index is 13.3. The average molecular weight is 444 g/mol. The molecule has 1 heterocycles. The third-order valence-corrected chi connectivity index (χ3v) is 6.82. The molecule has 0 aliphatic carbocycles. The fourth-order valence-corrected chi connectivity index (χ4v) is 4.57. The molecule has 1 aliphatic rings. The Hall–Kier alpha value is -2.47. The summed E-state index contributed by atoms with van der Waals surface area (Å²) in [5, 5.41) is 21.4. The van der Waals surface area contributed by atoms with Gasteiger partial charge in [0.1, 0.15) is 0 Å². The molecule has 1 fully saturated rings. The summed E-state index contributed by atoms with van der Waals surface area (Å²) in [5.41, 5.74) is -1.75. The van der Waals surface area contributed by atoms with Gasteiger partial charge in [-0.3, -0.25) is 4.79 Å². The number of aliphatic hydroxyl groups is 2. The fourth-order valence-electron chi connectivity index (χ4n) is 3.08. The van der Waals surface area contributed by atoms with E-state index in [1.807, 2.05) is 0 Å². The first-order chi connectivity index (χ1) is 14.1. The van der Waals surface area contributed by atoms with Crippen LogP contribution in [0, 0.1) is 17.5 Å². The van der Waals surface area contributed by atoms with Gasteiger partial charge in [-0.25, -0.2) is 21.6 Å². The molecule has 2 aromatic rings. The van der Waals surface area contributed by atoms with Gasteiger partial charge in [-0.2, -0.15) is 4.31 Å². The fraction of sp³-hybridized carbons (Fsp3) is 0.316. The summed E-state index contributed by atoms with van der Waals surface area (Å²) in [6.07, 6.45) is 0.120. The first-order valence-corrected chi connectivity index (χ1v) is 10.4. The molecular formula is C19H19F3N2O5S. The lowest BCUT2D eigenvalue weighted by Gasteiger charge is -2.36. The molecule has 0 unspecified atom stereocenters. The van der Waals surface area contributed by atoms with Crippen LogP contribution in [-0.4, -0.2) is 54.1 Å². The molecule has 3 N–H and O–H groups in total. The van der Waals surface area contributed by atoms with E-state index in [0.29, 0.717) is 12.1 Å². The zero-order chi connectivity index (χ0) is 22.1. The average Bonchev–Trinajstić information content (AvgIpc) is 2.72. The van der Waals surface area contributed by atoms with Crippen LogP contribution in [0.5, 0.6) is 0 Å². The Morgan fingerprint density at radius 3 is 2.27 bits per heavy atom. The van der Waals surface area contributed by atoms with E-state index in [0.717, 1.165) is 10.4 Å². The molecule has 0 spiro atoms. The third-order valence-electron chi connectivity index (χ3n) is 4.92. The first-order valence-electron chi connectivity index (χ1n) is 8.95. The second-order valence-corrected chi connectivity index (χ2v) is 8.96. The summed E-state index contributed by atoms with van der Waals surface area (Å²) in [4.78, 5) is 12.2. The van der Waals surface area contributed by atoms with Gasteiger partial charge >= 0.3 is 0 Å². The number of aliphatic hydroxyl groups excluding tert-OH is 1. The summed E-state index contributed by atoms with van der Waals surface area (Å²) in [5.74, 6) is -5.47. The van der Waals surface area contributed by atoms with Gasteiger partial charge in [0.05, 0.1) is 17.1 Å². The normalized spacial score (nSPS) is 17.0. The van der Waals surface area contributed by atoms with Gasteiger partial charge in [0, 0.05) is 36.5 Å². The summed E-state index contributed by atoms with van der Waals surface area (Å²) in [6, 6.07) is 6.25. The van der Waals surface area contributed by atoms with E-state index in [9.17, 15) is 36.6 Å². The Morgan fingerprint density at radius 2 is 1.70 bits per heavy atom. The van der Waals surface area contributed by atoms with Gasteiger partial charge in [0.2, 0.25) is 10.0 Å². The van der Waals surface area contributed by atoms with Gasteiger partial charge < -0.3 is 15.5 Å². The van der Waals surface area contributed by atoms with Crippen molar-refractivity contribution in [3.05, 3.63) is 59.4 Å². The zero-order valence-electron chi connectivity index (χ0n) is 15.6. The molecule has 2 aromatic carbocycles. The molecule has 3 rings (SSSR count). The lowest BCUT2D eigenvalue weighted by Crippen LogP contribution is -2.48. The minimum atomic E-state index is -3.98. The van der Waals surface area contributed by atoms with Crippen LogP contribution in [0.2, 0.25) is 0 Å². The van der Waals surface area contributed by atoms with Gasteiger partial charge in [-0.05, 0) is 31.0 Å². The molecule has 0 bridgehead atoms. The van der Waals surface area contributed by atoms with Crippen LogP contribution in [0.1, 0.15) is 23.2 Å². The van der Waals surface area contributed by atoms with Crippen LogP contribution < -0.4 is 5.32 Å². The SMILES string of the molecule is O=C(Nc1cc(F)c(F)c(F)c1)c1cccc(S(=O)(=O)N2CCC(O)(CO)CC2)c1. The Kier molecular flexibility index (Phi) is 6.18. The molecule has 162 valence electrons. The predicted molar refractivity (Wildman–Crippen MR) is 101 cm³/mol. The van der Waals surface area contributed by atoms with Crippen molar-refractivity contribution in [1.29, 1.82) is 0 Å². The standard InChI is InChI=1S/C19H19F3N2O5S/c20-15-9-13(10-16(21)17(15)22)23-18(26)12-2-1-3-14(8-12)30(28,29)24-6-4-19(27,11-25)5-7-24/h1-3,8-10,25,27H,4-7,11H2,(H,23,26). The number of carbonyl (C=O) groups is 1. The number of anilines is 1. The number of rotatable bonds is 5. The highest BCUT2D eigenvalue weighted by molar-refractivity contribution is 7.89. The van der Waals surface area contributed by atoms with Crippen LogP contribution in [0.15, 0.2) is 41.3 Å². The van der Waals surface area contributed by atoms with Crippen molar-refractivity contribution in [2.24, 2.45) is 0 Å². The Labute approximate surface area is 170 Å². The number of nitrogens with one attached hydrogen (secondary N) is 1. The van der Waals surface area contributed by atoms with E-state index in [-0.39, 0.29) is 42.1 Å². The van der Waals surface area contributed by atoms with Crippen molar-refractivity contribution in [3.8, 4) is 0 Å². The van der Waals surface area contributed by atoms with E-state index in [2.05, 4.69) is 5.32 Å². The number of hydrogen-bond acceptors (Lipinski definition) is 5. The smallest absolute Gasteiger partial charge is 0.255 e. The number of piperidine rings is 1. The summed E-state index contributed by atoms with van der Waals surface area (Å²) >= 11 is 0. The van der Waals surface area contributed by atoms with Crippen molar-refractivity contribution in [2.45, 2.75) is 23.3 Å². The summed E-state index contributed by atoms with van der Waals surface area (Å²) in [6.45, 7) is -0.491. The molecule has 11 heteroatoms. The number of hydrogen-bond donors (Lipinski definition) is 3. The number of sulfonamides is 1. The molecule has 0 radical (unpaired) electrons. The first kappa shape index (κ1) is 22.2. The zero-order valence-corrected chi connectivity index (χ0v) is 16.4. The van der Waals surface area contributed by atoms with Crippen molar-refractivity contribution in [2.75, 3.05) is 25.0 Å². The molecule has 0 saturated carbocycles. The maximum Gasteiger partial charge on any atom is 0.255 e. The van der Waals surface area contributed by atoms with Crippen LogP contribution in [0.25, 0.3) is 0 Å². The van der Waals surface area contributed by atoms with Crippen molar-refractivity contribution < 1.29 is 36.6 Å². The highest BCUT2D eigenvalue weighted by Crippen LogP contribution is 2.27. The predicted octanol–water partition coefficient (Wildman–Crippen LogP) is 1.86. The lowest BCUT2D eigenvalue weighted by atomic mass is 9.94. The molecule has 1 amide bonds. The van der Waals surface area contributed by atoms with E-state index < -0.39 is 45.6 Å². The van der Waals surface area contributed by atoms with Gasteiger partial charge in [-0.1, -0.05) is 6.07 Å². The number of nitrogens with zero attached hydrogens (tertiary/aromatic N) is 1. The van der Waals surface area contributed by atoms with Crippen molar-refractivity contribution >= 4 is 21.6 Å². The second kappa shape index (κ2) is 8.34. The van der Waals surface area contributed by atoms with E-state index in [1.54, 1.807) is 0 Å². The topological polar surface area (TPSA) is 107 Å². The highest BCUT2D eigenvalue weighted by Gasteiger charge is 2.36. The Morgan fingerprint density at radius 1 is 1.10 bits per heavy atom. The van der Waals surface area contributed by atoms with Crippen LogP contribution in [-0.2, 0) is 10.0 Å². The number of halogens is 3. The molecule has 1 saturated heterocycles. The molecule has 0 atom stereocenters. The highest BCUT2D eigenvalue weighted by atomic mass is 32.2. The van der Waals surface area contributed by atoms with Gasteiger partial charge in [0.25, 0.3) is 5.91 Å². The number of benzene rings is 2. The van der Waals surface area contributed by atoms with Crippen LogP contribution in [0.4, 0.5) is 18.9 Å². The third kappa shape index (κ3) is 4.48. The molecule has 0 aromatic heterocycles. The van der Waals surface area contributed by atoms with Gasteiger partial charge in [0.15, 0.2) is 17.5 Å². The lowest BCUT2D eigenvalue weighted by molar-refractivity contribution is -0.0480. The Balaban J connectivity index is 1.79. The molecular weight excluding hydrogens is 425 g/mol. The maximum absolute atomic E-state index is 13.3. The second-order valence-electron chi connectivity index (χ2n) is 7.02. The van der Waals surface area contributed by atoms with Gasteiger partial charge in [-0.15, -0.1) is 0 Å². The van der Waals surface area contributed by atoms with E-state index in [4.69, 9.17) is 0 Å². The molecule has 7 nitrogen and oxygen atoms in total. The number of carbonyl (C=O) groups excluding carboxylic acids is 1. The monoisotopic (exact) mass is 444 g/mol. The van der Waals surface area contributed by atoms with Crippen molar-refractivity contribution in [1.82, 2.24) is 4.31 Å². The Bertz CT molecular complexity index is 1050. The van der Waals surface area contributed by atoms with Crippen molar-refractivity contribution in [3.63, 3.8) is 0 Å². The van der Waals surface area contributed by atoms with E-state index >= 15 is 0 Å². The molecule has 30 heavy (non-hydrogen) atoms. The van der Waals surface area contributed by atoms with E-state index in [1.165, 1.54) is 18.2 Å². The minimum absolute atomic E-state index is 0.00997. The molecule has 1 aliphatic heterocycles. The minimum Gasteiger partial charge on any atom is -0.393 e. The summed E-state index contributed by atoms with van der Waals surface area (Å²) in [7, 11) is -3.98. The quantitative estimate of drug-likeness (QED) is 0.611. The summed E-state index contributed by atoms with van der Waals surface area (Å²) < 4.78 is 66.5. The number of amides is 1. The van der Waals surface area contributed by atoms with Crippen LogP contribution in [0.3, 0.4) is 0 Å². The van der Waals surface area contributed by atoms with Crippen LogP contribution >= 0.6 is 0 Å².